The average Bonchev–Trinajstić information content (AvgIpc) is 2.65. The van der Waals surface area contributed by atoms with E-state index in [9.17, 15) is 0 Å². The molecule has 0 bridgehead atoms. The summed E-state index contributed by atoms with van der Waals surface area (Å²) in [5, 5.41) is 0. The standard InChI is InChI=1S/C13H18N4/c1-9-7-8-11-12(15-9)17(13(14)16-11)10-5-3-2-4-6-10/h7-8,10H,2-6H2,1H3,(H2,14,16). The highest BCUT2D eigenvalue weighted by Crippen LogP contribution is 2.32. The maximum atomic E-state index is 6.05. The quantitative estimate of drug-likeness (QED) is 0.819. The van der Waals surface area contributed by atoms with Gasteiger partial charge in [-0.15, -0.1) is 0 Å². The summed E-state index contributed by atoms with van der Waals surface area (Å²) in [4.78, 5) is 9.00. The van der Waals surface area contributed by atoms with Crippen molar-refractivity contribution in [1.29, 1.82) is 0 Å². The number of anilines is 1. The number of aryl methyl sites for hydroxylation is 1. The number of nitrogens with zero attached hydrogens (tertiary/aromatic N) is 3. The summed E-state index contributed by atoms with van der Waals surface area (Å²) in [6, 6.07) is 4.48. The highest BCUT2D eigenvalue weighted by Gasteiger charge is 2.20. The third-order valence-electron chi connectivity index (χ3n) is 3.64. The smallest absolute Gasteiger partial charge is 0.202 e. The molecule has 1 aliphatic rings. The minimum absolute atomic E-state index is 0.489. The third kappa shape index (κ3) is 1.77. The van der Waals surface area contributed by atoms with Crippen molar-refractivity contribution in [2.24, 2.45) is 0 Å². The number of nitrogen functional groups attached to an aromatic ring is 1. The van der Waals surface area contributed by atoms with Crippen molar-refractivity contribution in [2.75, 3.05) is 5.73 Å². The molecule has 2 heterocycles. The molecule has 0 unspecified atom stereocenters. The van der Waals surface area contributed by atoms with E-state index in [1.54, 1.807) is 0 Å². The molecular weight excluding hydrogens is 212 g/mol. The Labute approximate surface area is 101 Å². The van der Waals surface area contributed by atoms with Crippen LogP contribution in [-0.4, -0.2) is 14.5 Å². The lowest BCUT2D eigenvalue weighted by atomic mass is 9.95. The molecule has 4 nitrogen and oxygen atoms in total. The lowest BCUT2D eigenvalue weighted by Crippen LogP contribution is -2.15. The minimum atomic E-state index is 0.489. The summed E-state index contributed by atoms with van der Waals surface area (Å²) >= 11 is 0. The Morgan fingerprint density at radius 2 is 1.94 bits per heavy atom. The van der Waals surface area contributed by atoms with Crippen molar-refractivity contribution < 1.29 is 0 Å². The Morgan fingerprint density at radius 3 is 2.71 bits per heavy atom. The Kier molecular flexibility index (Phi) is 2.50. The van der Waals surface area contributed by atoms with Gasteiger partial charge in [0.05, 0.1) is 0 Å². The molecule has 2 aromatic heterocycles. The molecule has 1 fully saturated rings. The molecular formula is C13H18N4. The minimum Gasteiger partial charge on any atom is -0.369 e. The number of rotatable bonds is 1. The molecule has 0 radical (unpaired) electrons. The topological polar surface area (TPSA) is 56.7 Å². The molecule has 0 amide bonds. The van der Waals surface area contributed by atoms with Crippen LogP contribution < -0.4 is 5.73 Å². The van der Waals surface area contributed by atoms with Crippen LogP contribution in [0, 0.1) is 6.92 Å². The fraction of sp³-hybridized carbons (Fsp3) is 0.538. The second-order valence-electron chi connectivity index (χ2n) is 4.93. The molecule has 1 saturated carbocycles. The Bertz CT molecular complexity index is 538. The second kappa shape index (κ2) is 4.02. The van der Waals surface area contributed by atoms with Gasteiger partial charge in [-0.05, 0) is 31.9 Å². The molecule has 90 valence electrons. The molecule has 0 aromatic carbocycles. The summed E-state index contributed by atoms with van der Waals surface area (Å²) in [7, 11) is 0. The van der Waals surface area contributed by atoms with E-state index >= 15 is 0 Å². The van der Waals surface area contributed by atoms with Crippen LogP contribution >= 0.6 is 0 Å². The maximum absolute atomic E-state index is 6.05. The van der Waals surface area contributed by atoms with Crippen LogP contribution in [0.5, 0.6) is 0 Å². The molecule has 2 N–H and O–H groups in total. The largest absolute Gasteiger partial charge is 0.369 e. The molecule has 0 saturated heterocycles. The van der Waals surface area contributed by atoms with Crippen LogP contribution in [0.25, 0.3) is 11.2 Å². The zero-order valence-electron chi connectivity index (χ0n) is 10.2. The molecule has 4 heteroatoms. The van der Waals surface area contributed by atoms with E-state index in [-0.39, 0.29) is 0 Å². The first kappa shape index (κ1) is 10.6. The van der Waals surface area contributed by atoms with Gasteiger partial charge in [-0.2, -0.15) is 0 Å². The van der Waals surface area contributed by atoms with Crippen molar-refractivity contribution in [2.45, 2.75) is 45.1 Å². The predicted octanol–water partition coefficient (Wildman–Crippen LogP) is 2.83. The van der Waals surface area contributed by atoms with Gasteiger partial charge in [0.2, 0.25) is 5.95 Å². The van der Waals surface area contributed by atoms with Crippen LogP contribution in [0.4, 0.5) is 5.95 Å². The number of hydrogen-bond acceptors (Lipinski definition) is 3. The SMILES string of the molecule is Cc1ccc2nc(N)n(C3CCCCC3)c2n1. The summed E-state index contributed by atoms with van der Waals surface area (Å²) in [5.74, 6) is 0.616. The van der Waals surface area contributed by atoms with E-state index in [2.05, 4.69) is 14.5 Å². The van der Waals surface area contributed by atoms with Crippen LogP contribution in [0.15, 0.2) is 12.1 Å². The summed E-state index contributed by atoms with van der Waals surface area (Å²) in [6.07, 6.45) is 6.32. The van der Waals surface area contributed by atoms with Gasteiger partial charge in [0.25, 0.3) is 0 Å². The van der Waals surface area contributed by atoms with Gasteiger partial charge < -0.3 is 5.73 Å². The predicted molar refractivity (Wildman–Crippen MR) is 68.8 cm³/mol. The average molecular weight is 230 g/mol. The number of nitrogens with two attached hydrogens (primary N) is 1. The highest BCUT2D eigenvalue weighted by atomic mass is 15.2. The van der Waals surface area contributed by atoms with E-state index in [1.807, 2.05) is 19.1 Å². The lowest BCUT2D eigenvalue weighted by molar-refractivity contribution is 0.362. The third-order valence-corrected chi connectivity index (χ3v) is 3.64. The maximum Gasteiger partial charge on any atom is 0.202 e. The number of fused-ring (bicyclic) bond motifs is 1. The molecule has 2 aromatic rings. The van der Waals surface area contributed by atoms with Gasteiger partial charge in [-0.3, -0.25) is 4.57 Å². The molecule has 1 aliphatic carbocycles. The van der Waals surface area contributed by atoms with Crippen LogP contribution in [0.3, 0.4) is 0 Å². The van der Waals surface area contributed by atoms with Crippen LogP contribution in [0.1, 0.15) is 43.8 Å². The first-order valence-corrected chi connectivity index (χ1v) is 6.37. The van der Waals surface area contributed by atoms with E-state index in [0.717, 1.165) is 16.9 Å². The Balaban J connectivity index is 2.13. The number of aromatic nitrogens is 3. The molecule has 0 aliphatic heterocycles. The van der Waals surface area contributed by atoms with Gasteiger partial charge in [-0.1, -0.05) is 19.3 Å². The van der Waals surface area contributed by atoms with Crippen molar-refractivity contribution in [1.82, 2.24) is 14.5 Å². The molecule has 3 rings (SSSR count). The first-order valence-electron chi connectivity index (χ1n) is 6.37. The first-order chi connectivity index (χ1) is 8.25. The number of hydrogen-bond donors (Lipinski definition) is 1. The van der Waals surface area contributed by atoms with E-state index < -0.39 is 0 Å². The second-order valence-corrected chi connectivity index (χ2v) is 4.93. The van der Waals surface area contributed by atoms with Crippen molar-refractivity contribution in [3.05, 3.63) is 17.8 Å². The summed E-state index contributed by atoms with van der Waals surface area (Å²) in [5.41, 5.74) is 8.94. The van der Waals surface area contributed by atoms with Crippen molar-refractivity contribution in [3.8, 4) is 0 Å². The molecule has 17 heavy (non-hydrogen) atoms. The van der Waals surface area contributed by atoms with Gasteiger partial charge in [0.15, 0.2) is 5.65 Å². The number of imidazole rings is 1. The van der Waals surface area contributed by atoms with E-state index in [4.69, 9.17) is 5.73 Å². The zero-order chi connectivity index (χ0) is 11.8. The fourth-order valence-electron chi connectivity index (χ4n) is 2.79. The number of pyridine rings is 1. The van der Waals surface area contributed by atoms with Gasteiger partial charge in [0, 0.05) is 11.7 Å². The van der Waals surface area contributed by atoms with Gasteiger partial charge in [0.1, 0.15) is 5.52 Å². The van der Waals surface area contributed by atoms with Crippen LogP contribution in [0.2, 0.25) is 0 Å². The van der Waals surface area contributed by atoms with Gasteiger partial charge in [-0.25, -0.2) is 9.97 Å². The van der Waals surface area contributed by atoms with Gasteiger partial charge >= 0.3 is 0 Å². The molecule has 0 spiro atoms. The van der Waals surface area contributed by atoms with Crippen molar-refractivity contribution in [3.63, 3.8) is 0 Å². The summed E-state index contributed by atoms with van der Waals surface area (Å²) < 4.78 is 2.14. The van der Waals surface area contributed by atoms with Crippen molar-refractivity contribution >= 4 is 17.1 Å². The van der Waals surface area contributed by atoms with E-state index in [1.165, 1.54) is 32.1 Å². The lowest BCUT2D eigenvalue weighted by Gasteiger charge is -2.24. The summed E-state index contributed by atoms with van der Waals surface area (Å²) in [6.45, 7) is 2.01. The zero-order valence-corrected chi connectivity index (χ0v) is 10.2. The molecule has 0 atom stereocenters. The Morgan fingerprint density at radius 1 is 1.18 bits per heavy atom. The van der Waals surface area contributed by atoms with Crippen LogP contribution in [-0.2, 0) is 0 Å². The normalized spacial score (nSPS) is 17.7. The highest BCUT2D eigenvalue weighted by molar-refractivity contribution is 5.74. The Hall–Kier alpha value is -1.58. The monoisotopic (exact) mass is 230 g/mol. The van der Waals surface area contributed by atoms with E-state index in [0.29, 0.717) is 12.0 Å². The fourth-order valence-corrected chi connectivity index (χ4v) is 2.79.